The van der Waals surface area contributed by atoms with Gasteiger partial charge in [-0.1, -0.05) is 24.0 Å². The van der Waals surface area contributed by atoms with E-state index in [4.69, 9.17) is 17.0 Å². The minimum atomic E-state index is -0.163. The molecule has 128 valence electrons. The molecule has 1 saturated heterocycles. The van der Waals surface area contributed by atoms with E-state index in [1.165, 1.54) is 16.7 Å². The number of amides is 2. The van der Waals surface area contributed by atoms with Crippen LogP contribution in [-0.4, -0.2) is 55.4 Å². The molecule has 1 aromatic heterocycles. The molecule has 1 aliphatic carbocycles. The van der Waals surface area contributed by atoms with Gasteiger partial charge in [0.2, 0.25) is 11.8 Å². The fourth-order valence-corrected chi connectivity index (χ4v) is 3.84. The van der Waals surface area contributed by atoms with E-state index in [0.29, 0.717) is 16.1 Å². The Morgan fingerprint density at radius 3 is 2.67 bits per heavy atom. The first-order chi connectivity index (χ1) is 11.6. The highest BCUT2D eigenvalue weighted by Gasteiger charge is 2.30. The molecule has 0 bridgehead atoms. The number of thioether (sulfide) groups is 1. The minimum Gasteiger partial charge on any atom is -0.460 e. The van der Waals surface area contributed by atoms with Gasteiger partial charge in [-0.2, -0.15) is 0 Å². The molecular weight excluding hydrogens is 348 g/mol. The number of nitrogens with zero attached hydrogens (tertiary/aromatic N) is 3. The van der Waals surface area contributed by atoms with Crippen molar-refractivity contribution in [2.75, 3.05) is 12.3 Å². The van der Waals surface area contributed by atoms with Gasteiger partial charge in [0.25, 0.3) is 0 Å². The third-order valence-electron chi connectivity index (χ3n) is 4.00. The van der Waals surface area contributed by atoms with E-state index in [1.807, 2.05) is 0 Å². The Labute approximate surface area is 149 Å². The predicted octanol–water partition coefficient (Wildman–Crippen LogP) is 1.14. The van der Waals surface area contributed by atoms with Crippen LogP contribution in [0.1, 0.15) is 25.7 Å². The van der Waals surface area contributed by atoms with Crippen molar-refractivity contribution in [1.29, 1.82) is 0 Å². The summed E-state index contributed by atoms with van der Waals surface area (Å²) in [6, 6.07) is 2.24. The van der Waals surface area contributed by atoms with Crippen molar-refractivity contribution in [2.24, 2.45) is 0 Å². The van der Waals surface area contributed by atoms with Crippen molar-refractivity contribution < 1.29 is 14.3 Å². The van der Waals surface area contributed by atoms with Crippen molar-refractivity contribution in [1.82, 2.24) is 20.2 Å². The SMILES string of the molecule is O=C(CN1C(=O)CSC1=S)NC1CCC(Oc2ncccn2)CC1. The second kappa shape index (κ2) is 7.89. The van der Waals surface area contributed by atoms with Crippen LogP contribution in [0.15, 0.2) is 18.5 Å². The number of aromatic nitrogens is 2. The second-order valence-electron chi connectivity index (χ2n) is 5.72. The number of carbonyl (C=O) groups is 2. The van der Waals surface area contributed by atoms with Gasteiger partial charge in [0.05, 0.1) is 5.75 Å². The maximum absolute atomic E-state index is 12.1. The number of nitrogens with one attached hydrogen (secondary N) is 1. The minimum absolute atomic E-state index is 0.0128. The third kappa shape index (κ3) is 4.41. The van der Waals surface area contributed by atoms with Gasteiger partial charge < -0.3 is 10.1 Å². The Kier molecular flexibility index (Phi) is 5.62. The Hall–Kier alpha value is -1.74. The zero-order chi connectivity index (χ0) is 16.9. The van der Waals surface area contributed by atoms with Crippen LogP contribution in [0.25, 0.3) is 0 Å². The molecule has 2 heterocycles. The molecule has 1 aliphatic heterocycles. The zero-order valence-electron chi connectivity index (χ0n) is 13.0. The highest BCUT2D eigenvalue weighted by Crippen LogP contribution is 2.22. The van der Waals surface area contributed by atoms with Gasteiger partial charge in [-0.05, 0) is 31.7 Å². The summed E-state index contributed by atoms with van der Waals surface area (Å²) < 4.78 is 6.22. The molecule has 1 N–H and O–H groups in total. The van der Waals surface area contributed by atoms with Crippen molar-refractivity contribution in [2.45, 2.75) is 37.8 Å². The van der Waals surface area contributed by atoms with Crippen LogP contribution in [0.4, 0.5) is 0 Å². The highest BCUT2D eigenvalue weighted by molar-refractivity contribution is 8.23. The monoisotopic (exact) mass is 366 g/mol. The Morgan fingerprint density at radius 2 is 2.04 bits per heavy atom. The zero-order valence-corrected chi connectivity index (χ0v) is 14.6. The van der Waals surface area contributed by atoms with Crippen LogP contribution in [-0.2, 0) is 9.59 Å². The van der Waals surface area contributed by atoms with E-state index in [0.717, 1.165) is 25.7 Å². The van der Waals surface area contributed by atoms with Crippen LogP contribution in [0, 0.1) is 0 Å². The van der Waals surface area contributed by atoms with Crippen molar-refractivity contribution in [3.8, 4) is 6.01 Å². The largest absolute Gasteiger partial charge is 0.460 e. The maximum Gasteiger partial charge on any atom is 0.316 e. The summed E-state index contributed by atoms with van der Waals surface area (Å²) in [6.45, 7) is 0.0128. The summed E-state index contributed by atoms with van der Waals surface area (Å²) in [4.78, 5) is 33.2. The number of ether oxygens (including phenoxy) is 1. The fraction of sp³-hybridized carbons (Fsp3) is 0.533. The Bertz CT molecular complexity index is 604. The third-order valence-corrected chi connectivity index (χ3v) is 5.43. The Balaban J connectivity index is 1.41. The number of hydrogen-bond donors (Lipinski definition) is 1. The molecule has 2 fully saturated rings. The summed E-state index contributed by atoms with van der Waals surface area (Å²) in [5, 5.41) is 2.98. The normalized spacial score (nSPS) is 24.1. The number of carbonyl (C=O) groups excluding carboxylic acids is 2. The van der Waals surface area contributed by atoms with Crippen molar-refractivity contribution in [3.05, 3.63) is 18.5 Å². The molecule has 3 rings (SSSR count). The van der Waals surface area contributed by atoms with E-state index in [9.17, 15) is 9.59 Å². The molecule has 2 aliphatic rings. The van der Waals surface area contributed by atoms with Crippen LogP contribution in [0.2, 0.25) is 0 Å². The molecule has 2 amide bonds. The van der Waals surface area contributed by atoms with Gasteiger partial charge in [0, 0.05) is 18.4 Å². The van der Waals surface area contributed by atoms with Gasteiger partial charge in [-0.25, -0.2) is 9.97 Å². The number of thiocarbonyl (C=S) groups is 1. The first-order valence-electron chi connectivity index (χ1n) is 7.82. The lowest BCUT2D eigenvalue weighted by Crippen LogP contribution is -2.45. The first kappa shape index (κ1) is 17.1. The molecule has 0 unspecified atom stereocenters. The van der Waals surface area contributed by atoms with Crippen LogP contribution in [0.3, 0.4) is 0 Å². The average molecular weight is 366 g/mol. The van der Waals surface area contributed by atoms with E-state index >= 15 is 0 Å². The lowest BCUT2D eigenvalue weighted by molar-refractivity contribution is -0.130. The molecule has 7 nitrogen and oxygen atoms in total. The lowest BCUT2D eigenvalue weighted by Gasteiger charge is -2.29. The number of hydrogen-bond acceptors (Lipinski definition) is 7. The van der Waals surface area contributed by atoms with Gasteiger partial charge in [-0.15, -0.1) is 0 Å². The lowest BCUT2D eigenvalue weighted by atomic mass is 9.93. The molecule has 1 saturated carbocycles. The molecule has 0 radical (unpaired) electrons. The molecule has 1 aromatic rings. The van der Waals surface area contributed by atoms with Gasteiger partial charge in [0.15, 0.2) is 0 Å². The summed E-state index contributed by atoms with van der Waals surface area (Å²) in [6.07, 6.45) is 6.70. The highest BCUT2D eigenvalue weighted by atomic mass is 32.2. The van der Waals surface area contributed by atoms with E-state index in [-0.39, 0.29) is 30.5 Å². The first-order valence-corrected chi connectivity index (χ1v) is 9.21. The average Bonchev–Trinajstić information content (AvgIpc) is 2.89. The van der Waals surface area contributed by atoms with E-state index < -0.39 is 0 Å². The quantitative estimate of drug-likeness (QED) is 0.782. The van der Waals surface area contributed by atoms with Gasteiger partial charge in [0.1, 0.15) is 17.0 Å². The summed E-state index contributed by atoms with van der Waals surface area (Å²) >= 11 is 6.38. The molecule has 24 heavy (non-hydrogen) atoms. The molecular formula is C15H18N4O3S2. The van der Waals surface area contributed by atoms with Gasteiger partial charge >= 0.3 is 6.01 Å². The number of rotatable bonds is 5. The summed E-state index contributed by atoms with van der Waals surface area (Å²) in [5.74, 6) is 0.0694. The van der Waals surface area contributed by atoms with Crippen LogP contribution >= 0.6 is 24.0 Å². The van der Waals surface area contributed by atoms with Gasteiger partial charge in [-0.3, -0.25) is 14.5 Å². The van der Waals surface area contributed by atoms with E-state index in [2.05, 4.69) is 15.3 Å². The fourth-order valence-electron chi connectivity index (χ4n) is 2.77. The molecule has 0 spiro atoms. The topological polar surface area (TPSA) is 84.4 Å². The maximum atomic E-state index is 12.1. The smallest absolute Gasteiger partial charge is 0.316 e. The van der Waals surface area contributed by atoms with Crippen LogP contribution < -0.4 is 10.1 Å². The summed E-state index contributed by atoms with van der Waals surface area (Å²) in [7, 11) is 0. The van der Waals surface area contributed by atoms with E-state index in [1.54, 1.807) is 18.5 Å². The van der Waals surface area contributed by atoms with Crippen LogP contribution in [0.5, 0.6) is 6.01 Å². The standard InChI is InChI=1S/C15H18N4O3S2/c20-12(8-19-13(21)9-24-15(19)23)18-10-2-4-11(5-3-10)22-14-16-6-1-7-17-14/h1,6-7,10-11H,2-5,8-9H2,(H,18,20). The second-order valence-corrected chi connectivity index (χ2v) is 7.33. The molecule has 0 atom stereocenters. The van der Waals surface area contributed by atoms with Crippen molar-refractivity contribution >= 4 is 40.1 Å². The molecule has 0 aromatic carbocycles. The predicted molar refractivity (Wildman–Crippen MR) is 93.6 cm³/mol. The molecule has 9 heteroatoms. The van der Waals surface area contributed by atoms with Crippen molar-refractivity contribution in [3.63, 3.8) is 0 Å². The Morgan fingerprint density at radius 1 is 1.33 bits per heavy atom. The summed E-state index contributed by atoms with van der Waals surface area (Å²) in [5.41, 5.74) is 0.